The number of carboxylic acid groups (broad SMARTS) is 1. The second-order valence-electron chi connectivity index (χ2n) is 5.99. The zero-order valence-corrected chi connectivity index (χ0v) is 15.7. The van der Waals surface area contributed by atoms with Gasteiger partial charge in [0.15, 0.2) is 0 Å². The number of rotatable bonds is 6. The summed E-state index contributed by atoms with van der Waals surface area (Å²) in [6, 6.07) is 12.0. The second-order valence-corrected chi connectivity index (χ2v) is 6.88. The molecule has 4 aromatic rings. The number of hydrogen-bond donors (Lipinski definition) is 1. The summed E-state index contributed by atoms with van der Waals surface area (Å²) in [7, 11) is 0. The number of furan rings is 1. The maximum Gasteiger partial charge on any atom is 0.335 e. The molecule has 3 heterocycles. The van der Waals surface area contributed by atoms with Gasteiger partial charge in [0.1, 0.15) is 28.9 Å². The van der Waals surface area contributed by atoms with Crippen molar-refractivity contribution in [2.45, 2.75) is 6.61 Å². The van der Waals surface area contributed by atoms with E-state index in [2.05, 4.69) is 16.0 Å². The van der Waals surface area contributed by atoms with Crippen molar-refractivity contribution in [3.05, 3.63) is 77.2 Å². The third kappa shape index (κ3) is 3.85. The molecule has 0 aliphatic heterocycles. The van der Waals surface area contributed by atoms with Crippen molar-refractivity contribution in [3.8, 4) is 33.8 Å². The number of hydrogen-bond acceptors (Lipinski definition) is 7. The highest BCUT2D eigenvalue weighted by Crippen LogP contribution is 2.34. The second kappa shape index (κ2) is 7.96. The van der Waals surface area contributed by atoms with Crippen molar-refractivity contribution >= 4 is 17.3 Å². The average molecular weight is 403 g/mol. The third-order valence-corrected chi connectivity index (χ3v) is 4.95. The molecule has 8 heteroatoms. The van der Waals surface area contributed by atoms with Gasteiger partial charge in [-0.05, 0) is 29.8 Å². The van der Waals surface area contributed by atoms with Crippen molar-refractivity contribution in [1.29, 1.82) is 5.26 Å². The normalized spacial score (nSPS) is 10.4. The summed E-state index contributed by atoms with van der Waals surface area (Å²) < 4.78 is 11.0. The van der Waals surface area contributed by atoms with Crippen LogP contribution in [0.4, 0.5) is 0 Å². The van der Waals surface area contributed by atoms with E-state index in [-0.39, 0.29) is 23.6 Å². The summed E-state index contributed by atoms with van der Waals surface area (Å²) in [5.41, 5.74) is 3.19. The molecular formula is C21H13N3O4S. The fraction of sp³-hybridized carbons (Fsp3) is 0.0476. The van der Waals surface area contributed by atoms with Crippen LogP contribution in [0.1, 0.15) is 21.5 Å². The van der Waals surface area contributed by atoms with Crippen LogP contribution in [0.3, 0.4) is 0 Å². The van der Waals surface area contributed by atoms with E-state index in [9.17, 15) is 10.1 Å². The molecule has 0 radical (unpaired) electrons. The summed E-state index contributed by atoms with van der Waals surface area (Å²) in [5, 5.41) is 21.3. The van der Waals surface area contributed by atoms with Crippen LogP contribution in [0, 0.1) is 11.3 Å². The van der Waals surface area contributed by atoms with Gasteiger partial charge in [-0.1, -0.05) is 12.1 Å². The molecule has 1 aromatic carbocycles. The van der Waals surface area contributed by atoms with E-state index in [1.807, 2.05) is 5.38 Å². The molecule has 0 atom stereocenters. The van der Waals surface area contributed by atoms with Crippen molar-refractivity contribution in [1.82, 2.24) is 9.97 Å². The number of carboxylic acids is 1. The average Bonchev–Trinajstić information content (AvgIpc) is 3.46. The van der Waals surface area contributed by atoms with E-state index >= 15 is 0 Å². The van der Waals surface area contributed by atoms with Gasteiger partial charge in [-0.15, -0.1) is 11.3 Å². The van der Waals surface area contributed by atoms with Crippen LogP contribution in [-0.4, -0.2) is 21.0 Å². The Morgan fingerprint density at radius 1 is 1.28 bits per heavy atom. The Morgan fingerprint density at radius 3 is 2.72 bits per heavy atom. The first-order valence-electron chi connectivity index (χ1n) is 8.48. The molecule has 0 saturated carbocycles. The summed E-state index contributed by atoms with van der Waals surface area (Å²) in [4.78, 5) is 19.8. The highest BCUT2D eigenvalue weighted by molar-refractivity contribution is 7.13. The number of ether oxygens (including phenoxy) is 1. The van der Waals surface area contributed by atoms with Gasteiger partial charge in [0, 0.05) is 22.7 Å². The van der Waals surface area contributed by atoms with Gasteiger partial charge >= 0.3 is 5.97 Å². The Labute approximate surface area is 169 Å². The number of thiazole rings is 1. The van der Waals surface area contributed by atoms with Gasteiger partial charge in [-0.3, -0.25) is 0 Å². The third-order valence-electron chi connectivity index (χ3n) is 4.16. The van der Waals surface area contributed by atoms with Crippen molar-refractivity contribution < 1.29 is 19.1 Å². The number of pyridine rings is 1. The lowest BCUT2D eigenvalue weighted by Gasteiger charge is -2.12. The van der Waals surface area contributed by atoms with Crippen LogP contribution in [0.15, 0.2) is 64.9 Å². The van der Waals surface area contributed by atoms with E-state index in [0.29, 0.717) is 16.3 Å². The SMILES string of the molecule is N#Cc1c(-c2ccoc2)cc(-c2nccs2)nc1OCc1ccc(C(=O)O)cc1. The molecule has 4 rings (SSSR count). The topological polar surface area (TPSA) is 109 Å². The standard InChI is InChI=1S/C21H13N3O4S/c22-10-17-16(15-5-7-27-12-15)9-18(20-23-6-8-29-20)24-19(17)28-11-13-1-3-14(4-2-13)21(25)26/h1-9,12H,11H2,(H,25,26). The van der Waals surface area contributed by atoms with E-state index in [4.69, 9.17) is 14.3 Å². The maximum absolute atomic E-state index is 11.0. The molecule has 0 saturated heterocycles. The van der Waals surface area contributed by atoms with E-state index in [0.717, 1.165) is 11.1 Å². The smallest absolute Gasteiger partial charge is 0.335 e. The molecule has 0 bridgehead atoms. The van der Waals surface area contributed by atoms with Crippen molar-refractivity contribution in [2.24, 2.45) is 0 Å². The fourth-order valence-electron chi connectivity index (χ4n) is 2.73. The van der Waals surface area contributed by atoms with E-state index < -0.39 is 5.97 Å². The van der Waals surface area contributed by atoms with Gasteiger partial charge < -0.3 is 14.3 Å². The number of aromatic carboxylic acids is 1. The molecule has 1 N–H and O–H groups in total. The zero-order valence-electron chi connectivity index (χ0n) is 14.9. The van der Waals surface area contributed by atoms with Gasteiger partial charge in [0.2, 0.25) is 5.88 Å². The lowest BCUT2D eigenvalue weighted by molar-refractivity contribution is 0.0697. The molecule has 0 aliphatic carbocycles. The monoisotopic (exact) mass is 403 g/mol. The highest BCUT2D eigenvalue weighted by Gasteiger charge is 2.18. The number of nitrogens with zero attached hydrogens (tertiary/aromatic N) is 3. The van der Waals surface area contributed by atoms with Gasteiger partial charge in [-0.25, -0.2) is 14.8 Å². The molecular weight excluding hydrogens is 390 g/mol. The summed E-state index contributed by atoms with van der Waals surface area (Å²) >= 11 is 1.43. The number of nitriles is 1. The Morgan fingerprint density at radius 2 is 2.10 bits per heavy atom. The molecule has 29 heavy (non-hydrogen) atoms. The van der Waals surface area contributed by atoms with Gasteiger partial charge in [0.05, 0.1) is 18.1 Å². The highest BCUT2D eigenvalue weighted by atomic mass is 32.1. The van der Waals surface area contributed by atoms with Crippen LogP contribution in [-0.2, 0) is 6.61 Å². The van der Waals surface area contributed by atoms with Crippen LogP contribution >= 0.6 is 11.3 Å². The first kappa shape index (κ1) is 18.4. The molecule has 0 spiro atoms. The van der Waals surface area contributed by atoms with Crippen LogP contribution in [0.2, 0.25) is 0 Å². The predicted molar refractivity (Wildman–Crippen MR) is 105 cm³/mol. The van der Waals surface area contributed by atoms with Crippen LogP contribution < -0.4 is 4.74 Å². The number of aromatic nitrogens is 2. The maximum atomic E-state index is 11.0. The first-order chi connectivity index (χ1) is 14.2. The zero-order chi connectivity index (χ0) is 20.2. The Bertz CT molecular complexity index is 1180. The minimum atomic E-state index is -0.994. The fourth-order valence-corrected chi connectivity index (χ4v) is 3.33. The Kier molecular flexibility index (Phi) is 5.05. The minimum absolute atomic E-state index is 0.133. The molecule has 0 amide bonds. The largest absolute Gasteiger partial charge is 0.478 e. The molecule has 7 nitrogen and oxygen atoms in total. The lowest BCUT2D eigenvalue weighted by Crippen LogP contribution is -2.03. The number of benzene rings is 1. The van der Waals surface area contributed by atoms with E-state index in [1.54, 1.807) is 36.7 Å². The van der Waals surface area contributed by atoms with Crippen molar-refractivity contribution in [3.63, 3.8) is 0 Å². The van der Waals surface area contributed by atoms with Crippen LogP contribution in [0.25, 0.3) is 21.8 Å². The minimum Gasteiger partial charge on any atom is -0.478 e. The van der Waals surface area contributed by atoms with Gasteiger partial charge in [0.25, 0.3) is 0 Å². The quantitative estimate of drug-likeness (QED) is 0.500. The molecule has 0 aliphatic rings. The summed E-state index contributed by atoms with van der Waals surface area (Å²) in [5.74, 6) is -0.814. The number of carbonyl (C=O) groups is 1. The first-order valence-corrected chi connectivity index (χ1v) is 9.36. The van der Waals surface area contributed by atoms with E-state index in [1.165, 1.54) is 29.7 Å². The molecule has 3 aromatic heterocycles. The molecule has 0 fully saturated rings. The van der Waals surface area contributed by atoms with Crippen LogP contribution in [0.5, 0.6) is 5.88 Å². The Hall–Kier alpha value is -3.96. The summed E-state index contributed by atoms with van der Waals surface area (Å²) in [6.45, 7) is 0.133. The molecule has 0 unspecified atom stereocenters. The van der Waals surface area contributed by atoms with Gasteiger partial charge in [-0.2, -0.15) is 5.26 Å². The predicted octanol–water partition coefficient (Wildman–Crippen LogP) is 4.61. The lowest BCUT2D eigenvalue weighted by atomic mass is 10.0. The Balaban J connectivity index is 1.71. The summed E-state index contributed by atoms with van der Waals surface area (Å²) in [6.07, 6.45) is 4.77. The van der Waals surface area contributed by atoms with Crippen molar-refractivity contribution in [2.75, 3.05) is 0 Å². The molecule has 142 valence electrons.